The quantitative estimate of drug-likeness (QED) is 0.224. The second-order valence-corrected chi connectivity index (χ2v) is 11.3. The molecule has 0 saturated carbocycles. The molecule has 216 valence electrons. The van der Waals surface area contributed by atoms with E-state index in [4.69, 9.17) is 46.8 Å². The van der Waals surface area contributed by atoms with Gasteiger partial charge in [-0.25, -0.2) is 9.78 Å². The summed E-state index contributed by atoms with van der Waals surface area (Å²) in [4.78, 5) is 21.9. The molecule has 0 N–H and O–H groups in total. The van der Waals surface area contributed by atoms with Crippen molar-refractivity contribution in [1.82, 2.24) is 19.4 Å². The average molecular weight is 600 g/mol. The first-order valence-electron chi connectivity index (χ1n) is 13.7. The van der Waals surface area contributed by atoms with Gasteiger partial charge in [-0.1, -0.05) is 29.3 Å². The highest BCUT2D eigenvalue weighted by molar-refractivity contribution is 6.35. The number of furan rings is 1. The second kappa shape index (κ2) is 12.4. The number of hydrogen-bond donors (Lipinski definition) is 0. The van der Waals surface area contributed by atoms with Gasteiger partial charge in [0.25, 0.3) is 5.95 Å². The fourth-order valence-electron chi connectivity index (χ4n) is 5.21. The highest BCUT2D eigenvalue weighted by Crippen LogP contribution is 2.26. The zero-order valence-corrected chi connectivity index (χ0v) is 24.4. The molecular formula is C30H32Cl2N4O5. The van der Waals surface area contributed by atoms with Crippen LogP contribution in [0.3, 0.4) is 0 Å². The standard InChI is InChI=1S/C30H32Cl2N4O5/c1-38-30(37)20-3-6-26-27(14-20)36(17-23-8-13-39-23)28(33-26)18-35-11-9-34(10-12-35)16-24-5-7-29(41-24)40-19-21-2-4-22(31)15-25(21)32/h2-7,14-15,23H,8-13,16-19H2,1H3. The fourth-order valence-corrected chi connectivity index (χ4v) is 5.67. The summed E-state index contributed by atoms with van der Waals surface area (Å²) in [5.74, 6) is 1.96. The Kier molecular flexibility index (Phi) is 8.50. The van der Waals surface area contributed by atoms with E-state index in [-0.39, 0.29) is 12.1 Å². The zero-order chi connectivity index (χ0) is 28.3. The summed E-state index contributed by atoms with van der Waals surface area (Å²) in [5, 5.41) is 1.16. The van der Waals surface area contributed by atoms with Crippen LogP contribution in [0.25, 0.3) is 11.0 Å². The first-order chi connectivity index (χ1) is 19.9. The van der Waals surface area contributed by atoms with Crippen molar-refractivity contribution in [1.29, 1.82) is 0 Å². The van der Waals surface area contributed by atoms with E-state index in [1.54, 1.807) is 18.2 Å². The lowest BCUT2D eigenvalue weighted by Crippen LogP contribution is -2.45. The van der Waals surface area contributed by atoms with Gasteiger partial charge in [0.1, 0.15) is 18.2 Å². The largest absolute Gasteiger partial charge is 0.465 e. The summed E-state index contributed by atoms with van der Waals surface area (Å²) in [5.41, 5.74) is 3.19. The van der Waals surface area contributed by atoms with Crippen molar-refractivity contribution >= 4 is 40.2 Å². The minimum atomic E-state index is -0.349. The van der Waals surface area contributed by atoms with Gasteiger partial charge in [0, 0.05) is 54.5 Å². The summed E-state index contributed by atoms with van der Waals surface area (Å²) in [7, 11) is 1.40. The number of esters is 1. The lowest BCUT2D eigenvalue weighted by Gasteiger charge is -2.34. The van der Waals surface area contributed by atoms with Crippen molar-refractivity contribution in [2.75, 3.05) is 39.9 Å². The summed E-state index contributed by atoms with van der Waals surface area (Å²) in [6, 6.07) is 14.7. The van der Waals surface area contributed by atoms with Crippen LogP contribution in [0.15, 0.2) is 52.9 Å². The molecule has 1 atom stereocenters. The summed E-state index contributed by atoms with van der Waals surface area (Å²) in [6.45, 7) is 6.92. The maximum Gasteiger partial charge on any atom is 0.337 e. The van der Waals surface area contributed by atoms with Gasteiger partial charge < -0.3 is 23.2 Å². The van der Waals surface area contributed by atoms with Crippen molar-refractivity contribution in [2.45, 2.75) is 38.8 Å². The number of hydrogen-bond acceptors (Lipinski definition) is 8. The van der Waals surface area contributed by atoms with Crippen molar-refractivity contribution in [2.24, 2.45) is 0 Å². The molecule has 2 aromatic heterocycles. The van der Waals surface area contributed by atoms with Gasteiger partial charge in [0.2, 0.25) is 0 Å². The second-order valence-electron chi connectivity index (χ2n) is 10.4. The minimum Gasteiger partial charge on any atom is -0.465 e. The molecule has 4 heterocycles. The van der Waals surface area contributed by atoms with E-state index in [1.165, 1.54) is 7.11 Å². The molecule has 2 aliphatic rings. The van der Waals surface area contributed by atoms with Crippen molar-refractivity contribution in [3.8, 4) is 5.95 Å². The molecule has 41 heavy (non-hydrogen) atoms. The van der Waals surface area contributed by atoms with E-state index in [9.17, 15) is 4.79 Å². The van der Waals surface area contributed by atoms with Crippen LogP contribution >= 0.6 is 23.2 Å². The molecule has 6 rings (SSSR count). The molecule has 0 amide bonds. The van der Waals surface area contributed by atoms with Gasteiger partial charge in [-0.3, -0.25) is 9.80 Å². The lowest BCUT2D eigenvalue weighted by atomic mass is 10.1. The Hall–Kier alpha value is -3.08. The highest BCUT2D eigenvalue weighted by Gasteiger charge is 2.25. The van der Waals surface area contributed by atoms with Crippen LogP contribution in [0.1, 0.15) is 33.9 Å². The molecule has 2 saturated heterocycles. The number of fused-ring (bicyclic) bond motifs is 1. The fraction of sp³-hybridized carbons (Fsp3) is 0.400. The van der Waals surface area contributed by atoms with Gasteiger partial charge >= 0.3 is 5.97 Å². The molecule has 2 aromatic carbocycles. The Morgan fingerprint density at radius 3 is 2.51 bits per heavy atom. The number of halogens is 2. The zero-order valence-electron chi connectivity index (χ0n) is 22.9. The van der Waals surface area contributed by atoms with Crippen molar-refractivity contribution < 1.29 is 23.4 Å². The number of carbonyl (C=O) groups is 1. The third-order valence-electron chi connectivity index (χ3n) is 7.66. The smallest absolute Gasteiger partial charge is 0.337 e. The predicted octanol–water partition coefficient (Wildman–Crippen LogP) is 5.41. The lowest BCUT2D eigenvalue weighted by molar-refractivity contribution is -0.0592. The van der Waals surface area contributed by atoms with Gasteiger partial charge in [-0.15, -0.1) is 0 Å². The van der Waals surface area contributed by atoms with E-state index in [2.05, 4.69) is 14.4 Å². The number of rotatable bonds is 10. The maximum absolute atomic E-state index is 12.1. The molecule has 4 aromatic rings. The molecule has 9 nitrogen and oxygen atoms in total. The van der Waals surface area contributed by atoms with Crippen LogP contribution in [0.5, 0.6) is 5.95 Å². The number of benzene rings is 2. The SMILES string of the molecule is COC(=O)c1ccc2nc(CN3CCN(Cc4ccc(OCc5ccc(Cl)cc5Cl)o4)CC3)n(CC3CCO3)c2c1. The molecule has 11 heteroatoms. The molecule has 0 aliphatic carbocycles. The van der Waals surface area contributed by atoms with Crippen LogP contribution < -0.4 is 4.74 Å². The van der Waals surface area contributed by atoms with Crippen LogP contribution in [0.4, 0.5) is 0 Å². The number of methoxy groups -OCH3 is 1. The van der Waals surface area contributed by atoms with Gasteiger partial charge in [-0.2, -0.15) is 0 Å². The van der Waals surface area contributed by atoms with Crippen LogP contribution in [0, 0.1) is 0 Å². The molecule has 2 aliphatic heterocycles. The number of aromatic nitrogens is 2. The Bertz CT molecular complexity index is 1520. The van der Waals surface area contributed by atoms with Crippen LogP contribution in [-0.4, -0.2) is 71.3 Å². The first kappa shape index (κ1) is 28.1. The average Bonchev–Trinajstić information content (AvgIpc) is 3.54. The van der Waals surface area contributed by atoms with Crippen molar-refractivity contribution in [3.05, 3.63) is 81.3 Å². The Morgan fingerprint density at radius 1 is 1.02 bits per heavy atom. The Morgan fingerprint density at radius 2 is 1.80 bits per heavy atom. The molecule has 0 bridgehead atoms. The summed E-state index contributed by atoms with van der Waals surface area (Å²) >= 11 is 12.2. The molecular weight excluding hydrogens is 567 g/mol. The summed E-state index contributed by atoms with van der Waals surface area (Å²) in [6.07, 6.45) is 1.21. The van der Waals surface area contributed by atoms with E-state index >= 15 is 0 Å². The van der Waals surface area contributed by atoms with E-state index in [0.717, 1.165) is 80.5 Å². The van der Waals surface area contributed by atoms with Crippen LogP contribution in [-0.2, 0) is 35.7 Å². The third kappa shape index (κ3) is 6.55. The summed E-state index contributed by atoms with van der Waals surface area (Å²) < 4.78 is 24.6. The molecule has 0 radical (unpaired) electrons. The Labute approximate surface area is 248 Å². The van der Waals surface area contributed by atoms with Crippen molar-refractivity contribution in [3.63, 3.8) is 0 Å². The number of carbonyl (C=O) groups excluding carboxylic acids is 1. The van der Waals surface area contributed by atoms with Gasteiger partial charge in [0.15, 0.2) is 0 Å². The van der Waals surface area contributed by atoms with E-state index in [1.807, 2.05) is 30.3 Å². The Balaban J connectivity index is 1.05. The van der Waals surface area contributed by atoms with Crippen LogP contribution in [0.2, 0.25) is 10.0 Å². The van der Waals surface area contributed by atoms with E-state index in [0.29, 0.717) is 34.7 Å². The number of imidazole rings is 1. The predicted molar refractivity (Wildman–Crippen MR) is 155 cm³/mol. The molecule has 0 spiro atoms. The number of piperazine rings is 1. The van der Waals surface area contributed by atoms with Gasteiger partial charge in [-0.05, 0) is 42.8 Å². The molecule has 2 fully saturated rings. The normalized spacial score (nSPS) is 18.0. The monoisotopic (exact) mass is 598 g/mol. The number of ether oxygens (including phenoxy) is 3. The minimum absolute atomic E-state index is 0.176. The first-order valence-corrected chi connectivity index (χ1v) is 14.5. The number of nitrogens with zero attached hydrogens (tertiary/aromatic N) is 4. The van der Waals surface area contributed by atoms with E-state index < -0.39 is 0 Å². The highest BCUT2D eigenvalue weighted by atomic mass is 35.5. The third-order valence-corrected chi connectivity index (χ3v) is 8.25. The van der Waals surface area contributed by atoms with Gasteiger partial charge in [0.05, 0.1) is 49.4 Å². The topological polar surface area (TPSA) is 82.2 Å². The maximum atomic E-state index is 12.1. The molecule has 1 unspecified atom stereocenters.